The normalized spacial score (nSPS) is 9.08. The van der Waals surface area contributed by atoms with E-state index in [1.807, 2.05) is 0 Å². The molecule has 0 unspecified atom stereocenters. The number of hydrogen-bond donors (Lipinski definition) is 0. The third kappa shape index (κ3) is 255. The first kappa shape index (κ1) is 29.9. The van der Waals surface area contributed by atoms with E-state index in [1.165, 1.54) is 0 Å². The van der Waals surface area contributed by atoms with Gasteiger partial charge in [0.1, 0.15) is 0 Å². The summed E-state index contributed by atoms with van der Waals surface area (Å²) >= 11 is 0. The molecule has 0 aromatic heterocycles. The van der Waals surface area contributed by atoms with E-state index in [-0.39, 0.29) is 92.0 Å². The van der Waals surface area contributed by atoms with Crippen LogP contribution in [0.1, 0.15) is 0 Å². The SMILES string of the molecule is O=P([O-])([O-])[O-].O=P([O-])([O-])[O-].[Ca+2].[Ca+2].[Ni+2]. The zero-order valence-electron chi connectivity index (χ0n) is 5.89. The first-order valence-corrected chi connectivity index (χ1v) is 4.38. The van der Waals surface area contributed by atoms with E-state index in [9.17, 15) is 0 Å². The van der Waals surface area contributed by atoms with Gasteiger partial charge in [-0.05, 0) is 0 Å². The fraction of sp³-hybridized carbons (Fsp3) is 0. The van der Waals surface area contributed by atoms with Gasteiger partial charge >= 0.3 is 92.0 Å². The molecule has 13 heavy (non-hydrogen) atoms. The van der Waals surface area contributed by atoms with E-state index in [4.69, 9.17) is 38.5 Å². The molecule has 0 aliphatic carbocycles. The van der Waals surface area contributed by atoms with Crippen LogP contribution in [0.4, 0.5) is 0 Å². The Morgan fingerprint density at radius 3 is 0.615 bits per heavy atom. The van der Waals surface area contributed by atoms with Crippen molar-refractivity contribution in [2.75, 3.05) is 0 Å². The van der Waals surface area contributed by atoms with Gasteiger partial charge in [0.2, 0.25) is 0 Å². The number of phosphoric acid groups is 2. The minimum atomic E-state index is -5.39. The van der Waals surface area contributed by atoms with Crippen molar-refractivity contribution < 1.29 is 55.0 Å². The smallest absolute Gasteiger partial charge is 0.822 e. The minimum Gasteiger partial charge on any atom is -0.822 e. The van der Waals surface area contributed by atoms with Crippen molar-refractivity contribution in [1.29, 1.82) is 0 Å². The van der Waals surface area contributed by atoms with Crippen molar-refractivity contribution in [3.63, 3.8) is 0 Å². The van der Waals surface area contributed by atoms with Crippen LogP contribution in [-0.2, 0) is 25.6 Å². The van der Waals surface area contributed by atoms with Gasteiger partial charge in [-0.2, -0.15) is 15.6 Å². The Labute approximate surface area is 144 Å². The molecule has 0 saturated heterocycles. The molecule has 0 rings (SSSR count). The van der Waals surface area contributed by atoms with Gasteiger partial charge in [0, 0.05) is 0 Å². The van der Waals surface area contributed by atoms with Crippen LogP contribution in [0.5, 0.6) is 0 Å². The predicted octanol–water partition coefficient (Wildman–Crippen LogP) is -6.41. The molecule has 0 saturated carbocycles. The van der Waals surface area contributed by atoms with E-state index in [0.717, 1.165) is 0 Å². The van der Waals surface area contributed by atoms with Gasteiger partial charge < -0.3 is 38.5 Å². The Kier molecular flexibility index (Phi) is 30.5. The molecule has 72 valence electrons. The monoisotopic (exact) mass is 328 g/mol. The Morgan fingerprint density at radius 1 is 0.615 bits per heavy atom. The zero-order chi connectivity index (χ0) is 9.00. The van der Waals surface area contributed by atoms with Crippen LogP contribution in [0.15, 0.2) is 0 Å². The van der Waals surface area contributed by atoms with Gasteiger partial charge in [-0.25, -0.2) is 0 Å². The van der Waals surface area contributed by atoms with Crippen LogP contribution in [0.2, 0.25) is 0 Å². The zero-order valence-corrected chi connectivity index (χ0v) is 13.1. The van der Waals surface area contributed by atoms with E-state index in [1.54, 1.807) is 0 Å². The van der Waals surface area contributed by atoms with Crippen molar-refractivity contribution in [3.8, 4) is 0 Å². The molecule has 0 fully saturated rings. The standard InChI is InChI=1S/2Ca.Ni.2H3O4P/c;;;2*1-5(2,3)4/h;;;2*(H3,1,2,3,4)/q3*+2;;/p-6. The summed E-state index contributed by atoms with van der Waals surface area (Å²) in [6, 6.07) is 0. The summed E-state index contributed by atoms with van der Waals surface area (Å²) in [5.74, 6) is 0. The van der Waals surface area contributed by atoms with Gasteiger partial charge in [-0.3, -0.25) is 0 Å². The molecule has 0 N–H and O–H groups in total. The summed E-state index contributed by atoms with van der Waals surface area (Å²) in [7, 11) is -10.8. The van der Waals surface area contributed by atoms with Gasteiger partial charge in [-0.1, -0.05) is 0 Å². The van der Waals surface area contributed by atoms with Crippen molar-refractivity contribution in [2.24, 2.45) is 0 Å². The quantitative estimate of drug-likeness (QED) is 0.311. The molecule has 0 aromatic rings. The first-order chi connectivity index (χ1) is 4.00. The molecule has 0 amide bonds. The summed E-state index contributed by atoms with van der Waals surface area (Å²) < 4.78 is 17.1. The Morgan fingerprint density at radius 2 is 0.615 bits per heavy atom. The summed E-state index contributed by atoms with van der Waals surface area (Å²) in [5.41, 5.74) is 0. The molecule has 13 heteroatoms. The van der Waals surface area contributed by atoms with E-state index >= 15 is 0 Å². The molecule has 8 nitrogen and oxygen atoms in total. The molecule has 0 radical (unpaired) electrons. The molecule has 0 aromatic carbocycles. The van der Waals surface area contributed by atoms with Gasteiger partial charge in [-0.15, -0.1) is 0 Å². The van der Waals surface area contributed by atoms with E-state index in [2.05, 4.69) is 0 Å². The van der Waals surface area contributed by atoms with Crippen molar-refractivity contribution in [2.45, 2.75) is 0 Å². The second-order valence-electron chi connectivity index (χ2n) is 0.894. The maximum absolute atomic E-state index is 8.55. The van der Waals surface area contributed by atoms with Crippen LogP contribution in [0.25, 0.3) is 0 Å². The molecule has 0 bridgehead atoms. The molecule has 0 atom stereocenters. The Hall–Kier alpha value is 3.23. The summed E-state index contributed by atoms with van der Waals surface area (Å²) in [6.45, 7) is 0. The second-order valence-corrected chi connectivity index (χ2v) is 2.68. The molecule has 0 heterocycles. The number of rotatable bonds is 0. The molecule has 0 aliphatic heterocycles. The van der Waals surface area contributed by atoms with Gasteiger partial charge in [0.15, 0.2) is 0 Å². The second kappa shape index (κ2) is 13.3. The average molecular weight is 329 g/mol. The predicted molar refractivity (Wildman–Crippen MR) is 26.7 cm³/mol. The maximum atomic E-state index is 8.55. The average Bonchev–Trinajstić information content (AvgIpc) is 1.12. The fourth-order valence-corrected chi connectivity index (χ4v) is 0. The van der Waals surface area contributed by atoms with Gasteiger partial charge in [0.05, 0.1) is 0 Å². The Bertz CT molecular complexity index is 132. The first-order valence-electron chi connectivity index (χ1n) is 1.46. The molecule has 0 aliphatic rings. The van der Waals surface area contributed by atoms with Gasteiger partial charge in [0.25, 0.3) is 0 Å². The van der Waals surface area contributed by atoms with Crippen molar-refractivity contribution in [1.82, 2.24) is 0 Å². The summed E-state index contributed by atoms with van der Waals surface area (Å²) in [6.07, 6.45) is 0. The van der Waals surface area contributed by atoms with Crippen LogP contribution >= 0.6 is 15.6 Å². The summed E-state index contributed by atoms with van der Waals surface area (Å²) in [4.78, 5) is 51.3. The van der Waals surface area contributed by atoms with Crippen molar-refractivity contribution >= 4 is 91.1 Å². The Balaban J connectivity index is -0.0000000267. The van der Waals surface area contributed by atoms with E-state index in [0.29, 0.717) is 0 Å². The molecular weight excluding hydrogens is 329 g/mol. The van der Waals surface area contributed by atoms with Crippen molar-refractivity contribution in [3.05, 3.63) is 0 Å². The van der Waals surface area contributed by atoms with Crippen LogP contribution in [-0.4, -0.2) is 75.5 Å². The topological polar surface area (TPSA) is 172 Å². The minimum absolute atomic E-state index is 0. The van der Waals surface area contributed by atoms with Crippen LogP contribution < -0.4 is 29.4 Å². The summed E-state index contributed by atoms with van der Waals surface area (Å²) in [5, 5.41) is 0. The van der Waals surface area contributed by atoms with Crippen LogP contribution in [0, 0.1) is 0 Å². The molecule has 0 spiro atoms. The number of hydrogen-bond acceptors (Lipinski definition) is 8. The third-order valence-electron chi connectivity index (χ3n) is 0. The third-order valence-corrected chi connectivity index (χ3v) is 0. The van der Waals surface area contributed by atoms with Crippen LogP contribution in [0.3, 0.4) is 0 Å². The fourth-order valence-electron chi connectivity index (χ4n) is 0. The molecular formula is Ca2NiO8P2. The largest absolute Gasteiger partial charge is 2.00 e. The van der Waals surface area contributed by atoms with E-state index < -0.39 is 15.6 Å². The maximum Gasteiger partial charge on any atom is 2.00 e.